The summed E-state index contributed by atoms with van der Waals surface area (Å²) in [6, 6.07) is 7.65. The van der Waals surface area contributed by atoms with Gasteiger partial charge >= 0.3 is 5.97 Å². The van der Waals surface area contributed by atoms with E-state index < -0.39 is 11.9 Å². The van der Waals surface area contributed by atoms with Gasteiger partial charge in [-0.3, -0.25) is 9.59 Å². The second-order valence-corrected chi connectivity index (χ2v) is 7.93. The summed E-state index contributed by atoms with van der Waals surface area (Å²) < 4.78 is 4.83. The SMILES string of the molecule is COC(=O)c1c(NC(=O)C2CC(=O)N(c3ccc(C)cc3)C2)sc(C)c1C. The van der Waals surface area contributed by atoms with Gasteiger partial charge in [0.25, 0.3) is 0 Å². The van der Waals surface area contributed by atoms with Crippen molar-refractivity contribution >= 4 is 39.8 Å². The van der Waals surface area contributed by atoms with Crippen LogP contribution in [0.15, 0.2) is 24.3 Å². The topological polar surface area (TPSA) is 75.7 Å². The third-order valence-electron chi connectivity index (χ3n) is 4.85. The molecule has 2 amide bonds. The zero-order valence-corrected chi connectivity index (χ0v) is 16.6. The number of methoxy groups -OCH3 is 1. The van der Waals surface area contributed by atoms with Gasteiger partial charge in [-0.15, -0.1) is 11.3 Å². The normalized spacial score (nSPS) is 16.5. The molecule has 0 saturated carbocycles. The maximum Gasteiger partial charge on any atom is 0.341 e. The average Bonchev–Trinajstić information content (AvgIpc) is 3.15. The van der Waals surface area contributed by atoms with Crippen molar-refractivity contribution in [2.45, 2.75) is 27.2 Å². The van der Waals surface area contributed by atoms with Gasteiger partial charge in [-0.25, -0.2) is 4.79 Å². The van der Waals surface area contributed by atoms with Crippen molar-refractivity contribution in [2.75, 3.05) is 23.9 Å². The fourth-order valence-electron chi connectivity index (χ4n) is 3.13. The number of ether oxygens (including phenoxy) is 1. The maximum absolute atomic E-state index is 12.7. The molecule has 1 aliphatic rings. The molecule has 6 nitrogen and oxygen atoms in total. The largest absolute Gasteiger partial charge is 0.465 e. The summed E-state index contributed by atoms with van der Waals surface area (Å²) in [5.41, 5.74) is 3.08. The number of nitrogens with one attached hydrogen (secondary N) is 1. The quantitative estimate of drug-likeness (QED) is 0.817. The van der Waals surface area contributed by atoms with E-state index in [1.165, 1.54) is 18.4 Å². The molecule has 1 aromatic carbocycles. The van der Waals surface area contributed by atoms with Crippen LogP contribution in [0, 0.1) is 26.7 Å². The number of carbonyl (C=O) groups is 3. The van der Waals surface area contributed by atoms with Crippen LogP contribution < -0.4 is 10.2 Å². The van der Waals surface area contributed by atoms with Crippen LogP contribution in [0.5, 0.6) is 0 Å². The van der Waals surface area contributed by atoms with Gasteiger partial charge < -0.3 is 15.0 Å². The molecule has 0 aliphatic carbocycles. The second kappa shape index (κ2) is 7.52. The highest BCUT2D eigenvalue weighted by Gasteiger charge is 2.36. The molecule has 0 spiro atoms. The smallest absolute Gasteiger partial charge is 0.341 e. The highest BCUT2D eigenvalue weighted by Crippen LogP contribution is 2.34. The molecule has 1 unspecified atom stereocenters. The van der Waals surface area contributed by atoms with Crippen LogP contribution in [-0.2, 0) is 14.3 Å². The van der Waals surface area contributed by atoms with Gasteiger partial charge in [0.15, 0.2) is 0 Å². The third kappa shape index (κ3) is 3.73. The summed E-state index contributed by atoms with van der Waals surface area (Å²) in [6.45, 7) is 6.02. The van der Waals surface area contributed by atoms with Gasteiger partial charge in [-0.2, -0.15) is 0 Å². The highest BCUT2D eigenvalue weighted by atomic mass is 32.1. The van der Waals surface area contributed by atoms with Crippen molar-refractivity contribution in [2.24, 2.45) is 5.92 Å². The van der Waals surface area contributed by atoms with Crippen molar-refractivity contribution in [3.05, 3.63) is 45.8 Å². The molecule has 7 heteroatoms. The van der Waals surface area contributed by atoms with Gasteiger partial charge in [0.05, 0.1) is 18.6 Å². The first-order chi connectivity index (χ1) is 12.8. The minimum Gasteiger partial charge on any atom is -0.465 e. The van der Waals surface area contributed by atoms with Crippen LogP contribution in [0.25, 0.3) is 0 Å². The number of esters is 1. The van der Waals surface area contributed by atoms with Crippen LogP contribution >= 0.6 is 11.3 Å². The molecule has 2 aromatic rings. The molecule has 1 fully saturated rings. The van der Waals surface area contributed by atoms with Gasteiger partial charge in [-0.05, 0) is 38.5 Å². The first-order valence-electron chi connectivity index (χ1n) is 8.68. The average molecular weight is 386 g/mol. The van der Waals surface area contributed by atoms with E-state index in [2.05, 4.69) is 5.32 Å². The van der Waals surface area contributed by atoms with E-state index >= 15 is 0 Å². The lowest BCUT2D eigenvalue weighted by Crippen LogP contribution is -2.28. The zero-order valence-electron chi connectivity index (χ0n) is 15.8. The number of amides is 2. The van der Waals surface area contributed by atoms with Crippen molar-refractivity contribution in [1.29, 1.82) is 0 Å². The van der Waals surface area contributed by atoms with Crippen molar-refractivity contribution in [1.82, 2.24) is 0 Å². The number of anilines is 2. The standard InChI is InChI=1S/C20H22N2O4S/c1-11-5-7-15(8-6-11)22-10-14(9-16(22)23)18(24)21-19-17(20(25)26-4)12(2)13(3)27-19/h5-8,14H,9-10H2,1-4H3,(H,21,24). The van der Waals surface area contributed by atoms with Gasteiger partial charge in [0, 0.05) is 23.5 Å². The Labute approximate surface area is 162 Å². The molecule has 142 valence electrons. The lowest BCUT2D eigenvalue weighted by atomic mass is 10.1. The first-order valence-corrected chi connectivity index (χ1v) is 9.49. The molecule has 27 heavy (non-hydrogen) atoms. The van der Waals surface area contributed by atoms with Crippen LogP contribution in [0.3, 0.4) is 0 Å². The number of hydrogen-bond acceptors (Lipinski definition) is 5. The fraction of sp³-hybridized carbons (Fsp3) is 0.350. The number of carbonyl (C=O) groups excluding carboxylic acids is 3. The first kappa shape index (κ1) is 19.1. The molecule has 1 atom stereocenters. The molecule has 2 heterocycles. The zero-order chi connectivity index (χ0) is 19.7. The Balaban J connectivity index is 1.76. The third-order valence-corrected chi connectivity index (χ3v) is 5.98. The minimum absolute atomic E-state index is 0.0780. The van der Waals surface area contributed by atoms with Gasteiger partial charge in [0.1, 0.15) is 5.00 Å². The molecular formula is C20H22N2O4S. The molecule has 1 N–H and O–H groups in total. The molecular weight excluding hydrogens is 364 g/mol. The molecule has 1 aliphatic heterocycles. The Kier molecular flexibility index (Phi) is 5.32. The van der Waals surface area contributed by atoms with Crippen molar-refractivity contribution < 1.29 is 19.1 Å². The monoisotopic (exact) mass is 386 g/mol. The van der Waals surface area contributed by atoms with Crippen LogP contribution in [0.4, 0.5) is 10.7 Å². The van der Waals surface area contributed by atoms with Crippen molar-refractivity contribution in [3.8, 4) is 0 Å². The molecule has 0 radical (unpaired) electrons. The minimum atomic E-state index is -0.476. The summed E-state index contributed by atoms with van der Waals surface area (Å²) in [5.74, 6) is -1.28. The Morgan fingerprint density at radius 1 is 1.19 bits per heavy atom. The Bertz CT molecular complexity index is 901. The summed E-state index contributed by atoms with van der Waals surface area (Å²) in [6.07, 6.45) is 0.149. The van der Waals surface area contributed by atoms with Crippen molar-refractivity contribution in [3.63, 3.8) is 0 Å². The van der Waals surface area contributed by atoms with E-state index in [1.54, 1.807) is 4.90 Å². The number of rotatable bonds is 4. The number of benzene rings is 1. The Hall–Kier alpha value is -2.67. The van der Waals surface area contributed by atoms with E-state index in [4.69, 9.17) is 4.74 Å². The predicted octanol–water partition coefficient (Wildman–Crippen LogP) is 3.45. The predicted molar refractivity (Wildman–Crippen MR) is 105 cm³/mol. The Morgan fingerprint density at radius 3 is 2.48 bits per heavy atom. The van der Waals surface area contributed by atoms with E-state index in [1.807, 2.05) is 45.0 Å². The lowest BCUT2D eigenvalue weighted by Gasteiger charge is -2.17. The summed E-state index contributed by atoms with van der Waals surface area (Å²) >= 11 is 1.34. The summed E-state index contributed by atoms with van der Waals surface area (Å²) in [7, 11) is 1.31. The molecule has 0 bridgehead atoms. The van der Waals surface area contributed by atoms with E-state index in [-0.39, 0.29) is 18.2 Å². The van der Waals surface area contributed by atoms with E-state index in [9.17, 15) is 14.4 Å². The number of thiophene rings is 1. The lowest BCUT2D eigenvalue weighted by molar-refractivity contribution is -0.122. The van der Waals surface area contributed by atoms with Crippen LogP contribution in [-0.4, -0.2) is 31.4 Å². The molecule has 1 aromatic heterocycles. The van der Waals surface area contributed by atoms with E-state index in [0.29, 0.717) is 17.1 Å². The number of aryl methyl sites for hydroxylation is 2. The number of nitrogens with zero attached hydrogens (tertiary/aromatic N) is 1. The second-order valence-electron chi connectivity index (χ2n) is 6.71. The maximum atomic E-state index is 12.7. The summed E-state index contributed by atoms with van der Waals surface area (Å²) in [4.78, 5) is 39.8. The van der Waals surface area contributed by atoms with Gasteiger partial charge in [0.2, 0.25) is 11.8 Å². The van der Waals surface area contributed by atoms with Crippen LogP contribution in [0.1, 0.15) is 32.8 Å². The fourth-order valence-corrected chi connectivity index (χ4v) is 4.19. The molecule has 3 rings (SSSR count). The molecule has 1 saturated heterocycles. The summed E-state index contributed by atoms with van der Waals surface area (Å²) in [5, 5.41) is 3.31. The number of hydrogen-bond donors (Lipinski definition) is 1. The van der Waals surface area contributed by atoms with E-state index in [0.717, 1.165) is 21.7 Å². The van der Waals surface area contributed by atoms with Crippen LogP contribution in [0.2, 0.25) is 0 Å². The van der Waals surface area contributed by atoms with Gasteiger partial charge in [-0.1, -0.05) is 17.7 Å². The highest BCUT2D eigenvalue weighted by molar-refractivity contribution is 7.16. The Morgan fingerprint density at radius 2 is 1.85 bits per heavy atom.